The number of rotatable bonds is 4. The van der Waals surface area contributed by atoms with Crippen molar-refractivity contribution >= 4 is 22.9 Å². The molecule has 1 aromatic carbocycles. The normalized spacial score (nSPS) is 10.3. The van der Waals surface area contributed by atoms with Crippen molar-refractivity contribution in [3.8, 4) is 0 Å². The molecule has 0 radical (unpaired) electrons. The number of carbonyl (C=O) groups excluding carboxylic acids is 1. The Hall–Kier alpha value is -2.28. The van der Waals surface area contributed by atoms with Crippen molar-refractivity contribution in [1.82, 2.24) is 5.32 Å². The maximum absolute atomic E-state index is 13.4. The number of thiophene rings is 1. The number of nitro benzene ring substituents is 1. The molecule has 0 unspecified atom stereocenters. The SMILES string of the molecule is Cc1ccsc1CNC(=O)c1ccc([N+](=O)[O-])c(F)c1. The second kappa shape index (κ2) is 5.79. The van der Waals surface area contributed by atoms with Crippen LogP contribution in [0.4, 0.5) is 10.1 Å². The van der Waals surface area contributed by atoms with Crippen molar-refractivity contribution in [2.24, 2.45) is 0 Å². The van der Waals surface area contributed by atoms with Gasteiger partial charge >= 0.3 is 5.69 Å². The number of aryl methyl sites for hydroxylation is 1. The zero-order chi connectivity index (χ0) is 14.7. The number of halogens is 1. The lowest BCUT2D eigenvalue weighted by molar-refractivity contribution is -0.387. The molecule has 104 valence electrons. The second-order valence-electron chi connectivity index (χ2n) is 4.13. The summed E-state index contributed by atoms with van der Waals surface area (Å²) in [7, 11) is 0. The summed E-state index contributed by atoms with van der Waals surface area (Å²) in [5.41, 5.74) is 0.489. The van der Waals surface area contributed by atoms with Gasteiger partial charge in [0.25, 0.3) is 5.91 Å². The Bertz CT molecular complexity index is 669. The van der Waals surface area contributed by atoms with E-state index in [1.807, 2.05) is 18.4 Å². The first kappa shape index (κ1) is 14.1. The lowest BCUT2D eigenvalue weighted by Crippen LogP contribution is -2.22. The molecule has 1 amide bonds. The van der Waals surface area contributed by atoms with Gasteiger partial charge in [0.2, 0.25) is 5.82 Å². The smallest absolute Gasteiger partial charge is 0.304 e. The average Bonchev–Trinajstić information content (AvgIpc) is 2.81. The molecule has 0 aliphatic carbocycles. The molecule has 0 aliphatic heterocycles. The molecular formula is C13H11FN2O3S. The van der Waals surface area contributed by atoms with E-state index in [0.717, 1.165) is 22.6 Å². The van der Waals surface area contributed by atoms with Crippen molar-refractivity contribution in [1.29, 1.82) is 0 Å². The monoisotopic (exact) mass is 294 g/mol. The fourth-order valence-corrected chi connectivity index (χ4v) is 2.49. The van der Waals surface area contributed by atoms with Crippen LogP contribution in [0.2, 0.25) is 0 Å². The number of carbonyl (C=O) groups is 1. The van der Waals surface area contributed by atoms with Crippen molar-refractivity contribution in [3.63, 3.8) is 0 Å². The molecular weight excluding hydrogens is 283 g/mol. The van der Waals surface area contributed by atoms with Gasteiger partial charge in [-0.2, -0.15) is 4.39 Å². The second-order valence-corrected chi connectivity index (χ2v) is 5.13. The van der Waals surface area contributed by atoms with E-state index in [2.05, 4.69) is 5.32 Å². The van der Waals surface area contributed by atoms with Gasteiger partial charge in [0.1, 0.15) is 0 Å². The molecule has 0 saturated heterocycles. The van der Waals surface area contributed by atoms with Gasteiger partial charge < -0.3 is 5.32 Å². The molecule has 0 saturated carbocycles. The molecule has 0 aliphatic rings. The Balaban J connectivity index is 2.08. The van der Waals surface area contributed by atoms with Gasteiger partial charge in [-0.3, -0.25) is 14.9 Å². The molecule has 7 heteroatoms. The minimum Gasteiger partial charge on any atom is -0.347 e. The van der Waals surface area contributed by atoms with Crippen LogP contribution in [-0.4, -0.2) is 10.8 Å². The number of hydrogen-bond donors (Lipinski definition) is 1. The van der Waals surface area contributed by atoms with E-state index in [9.17, 15) is 19.3 Å². The molecule has 2 aromatic rings. The zero-order valence-corrected chi connectivity index (χ0v) is 11.4. The predicted molar refractivity (Wildman–Crippen MR) is 73.3 cm³/mol. The number of nitrogens with one attached hydrogen (secondary N) is 1. The Morgan fingerprint density at radius 2 is 2.20 bits per heavy atom. The molecule has 1 heterocycles. The van der Waals surface area contributed by atoms with Crippen molar-refractivity contribution in [3.05, 3.63) is 61.6 Å². The van der Waals surface area contributed by atoms with Crippen molar-refractivity contribution < 1.29 is 14.1 Å². The molecule has 0 bridgehead atoms. The standard InChI is InChI=1S/C13H11FN2O3S/c1-8-4-5-20-12(8)7-15-13(17)9-2-3-11(16(18)19)10(14)6-9/h2-6H,7H2,1H3,(H,15,17). The van der Waals surface area contributed by atoms with Crippen LogP contribution in [0.3, 0.4) is 0 Å². The summed E-state index contributed by atoms with van der Waals surface area (Å²) >= 11 is 1.52. The van der Waals surface area contributed by atoms with Gasteiger partial charge in [-0.15, -0.1) is 11.3 Å². The first-order valence-electron chi connectivity index (χ1n) is 5.74. The van der Waals surface area contributed by atoms with Crippen molar-refractivity contribution in [2.75, 3.05) is 0 Å². The fraction of sp³-hybridized carbons (Fsp3) is 0.154. The summed E-state index contributed by atoms with van der Waals surface area (Å²) in [6.45, 7) is 2.28. The Labute approximate surface area is 118 Å². The molecule has 2 rings (SSSR count). The summed E-state index contributed by atoms with van der Waals surface area (Å²) in [5, 5.41) is 15.1. The van der Waals surface area contributed by atoms with Crippen LogP contribution in [0.15, 0.2) is 29.6 Å². The maximum atomic E-state index is 13.4. The molecule has 20 heavy (non-hydrogen) atoms. The van der Waals surface area contributed by atoms with E-state index < -0.39 is 22.3 Å². The molecule has 1 N–H and O–H groups in total. The first-order chi connectivity index (χ1) is 9.49. The summed E-state index contributed by atoms with van der Waals surface area (Å²) < 4.78 is 13.4. The highest BCUT2D eigenvalue weighted by atomic mass is 32.1. The molecule has 0 spiro atoms. The molecule has 5 nitrogen and oxygen atoms in total. The highest BCUT2D eigenvalue weighted by Crippen LogP contribution is 2.18. The van der Waals surface area contributed by atoms with Gasteiger partial charge in [0.15, 0.2) is 0 Å². The highest BCUT2D eigenvalue weighted by Gasteiger charge is 2.16. The average molecular weight is 294 g/mol. The third-order valence-corrected chi connectivity index (χ3v) is 3.81. The quantitative estimate of drug-likeness (QED) is 0.696. The van der Waals surface area contributed by atoms with E-state index in [-0.39, 0.29) is 5.56 Å². The molecule has 0 fully saturated rings. The van der Waals surface area contributed by atoms with Crippen LogP contribution in [-0.2, 0) is 6.54 Å². The topological polar surface area (TPSA) is 72.2 Å². The Morgan fingerprint density at radius 3 is 2.75 bits per heavy atom. The van der Waals surface area contributed by atoms with Crippen molar-refractivity contribution in [2.45, 2.75) is 13.5 Å². The fourth-order valence-electron chi connectivity index (χ4n) is 1.64. The number of hydrogen-bond acceptors (Lipinski definition) is 4. The van der Waals surface area contributed by atoms with Crippen LogP contribution in [0.25, 0.3) is 0 Å². The van der Waals surface area contributed by atoms with Crippen LogP contribution < -0.4 is 5.32 Å². The minimum atomic E-state index is -1.02. The number of nitrogens with zero attached hydrogens (tertiary/aromatic N) is 1. The summed E-state index contributed by atoms with van der Waals surface area (Å²) in [6, 6.07) is 5.03. The van der Waals surface area contributed by atoms with Crippen LogP contribution in [0.1, 0.15) is 20.8 Å². The minimum absolute atomic E-state index is 0.0577. The van der Waals surface area contributed by atoms with Crippen LogP contribution in [0, 0.1) is 22.9 Å². The van der Waals surface area contributed by atoms with E-state index >= 15 is 0 Å². The zero-order valence-electron chi connectivity index (χ0n) is 10.6. The van der Waals surface area contributed by atoms with Crippen LogP contribution >= 0.6 is 11.3 Å². The summed E-state index contributed by atoms with van der Waals surface area (Å²) in [6.07, 6.45) is 0. The van der Waals surface area contributed by atoms with E-state index in [4.69, 9.17) is 0 Å². The predicted octanol–water partition coefficient (Wildman–Crippen LogP) is 3.03. The Morgan fingerprint density at radius 1 is 1.45 bits per heavy atom. The third-order valence-electron chi connectivity index (χ3n) is 2.78. The highest BCUT2D eigenvalue weighted by molar-refractivity contribution is 7.10. The largest absolute Gasteiger partial charge is 0.347 e. The van der Waals surface area contributed by atoms with Gasteiger partial charge in [-0.25, -0.2) is 0 Å². The number of amides is 1. The molecule has 1 aromatic heterocycles. The third kappa shape index (κ3) is 3.00. The number of benzene rings is 1. The lowest BCUT2D eigenvalue weighted by atomic mass is 10.2. The van der Waals surface area contributed by atoms with E-state index in [0.29, 0.717) is 6.54 Å². The van der Waals surface area contributed by atoms with E-state index in [1.165, 1.54) is 17.4 Å². The number of nitro groups is 1. The lowest BCUT2D eigenvalue weighted by Gasteiger charge is -2.05. The summed E-state index contributed by atoms with van der Waals surface area (Å²) in [4.78, 5) is 22.5. The van der Waals surface area contributed by atoms with E-state index in [1.54, 1.807) is 0 Å². The van der Waals surface area contributed by atoms with Crippen LogP contribution in [0.5, 0.6) is 0 Å². The maximum Gasteiger partial charge on any atom is 0.304 e. The molecule has 0 atom stereocenters. The van der Waals surface area contributed by atoms with Gasteiger partial charge in [-0.05, 0) is 36.1 Å². The van der Waals surface area contributed by atoms with Gasteiger partial charge in [-0.1, -0.05) is 0 Å². The van der Waals surface area contributed by atoms with Gasteiger partial charge in [0, 0.05) is 16.5 Å². The first-order valence-corrected chi connectivity index (χ1v) is 6.62. The van der Waals surface area contributed by atoms with Gasteiger partial charge in [0.05, 0.1) is 11.5 Å². The Kier molecular flexibility index (Phi) is 4.09. The summed E-state index contributed by atoms with van der Waals surface area (Å²) in [5.74, 6) is -1.48.